The summed E-state index contributed by atoms with van der Waals surface area (Å²) in [5.74, 6) is -0.251. The number of nitrogens with zero attached hydrogens (tertiary/aromatic N) is 2. The Hall–Kier alpha value is -2.69. The van der Waals surface area contributed by atoms with E-state index in [0.29, 0.717) is 0 Å². The summed E-state index contributed by atoms with van der Waals surface area (Å²) in [5, 5.41) is 4.19. The summed E-state index contributed by atoms with van der Waals surface area (Å²) in [6.45, 7) is 5.49. The van der Waals surface area contributed by atoms with E-state index in [-0.39, 0.29) is 17.9 Å². The number of carbonyl (C=O) groups is 2. The number of aromatic nitrogens is 1. The molecule has 146 valence electrons. The summed E-state index contributed by atoms with van der Waals surface area (Å²) in [7, 11) is 0. The number of carbonyl (C=O) groups excluding carboxylic acids is 2. The number of nitrogens with one attached hydrogen (secondary N) is 1. The zero-order valence-corrected chi connectivity index (χ0v) is 16.8. The lowest BCUT2D eigenvalue weighted by Crippen LogP contribution is -2.46. The summed E-state index contributed by atoms with van der Waals surface area (Å²) in [6, 6.07) is 7.68. The molecule has 1 atom stereocenters. The van der Waals surface area contributed by atoms with E-state index in [0.717, 1.165) is 59.0 Å². The summed E-state index contributed by atoms with van der Waals surface area (Å²) in [5.41, 5.74) is 4.55. The van der Waals surface area contributed by atoms with Crippen LogP contribution >= 0.6 is 0 Å². The number of pyridine rings is 1. The van der Waals surface area contributed by atoms with Gasteiger partial charge < -0.3 is 10.2 Å². The third kappa shape index (κ3) is 3.41. The van der Waals surface area contributed by atoms with E-state index >= 15 is 0 Å². The second kappa shape index (κ2) is 7.38. The Morgan fingerprint density at radius 1 is 1.11 bits per heavy atom. The molecule has 1 N–H and O–H groups in total. The molecule has 1 aliphatic carbocycles. The second-order valence-corrected chi connectivity index (χ2v) is 8.11. The molecular weight excluding hydrogens is 350 g/mol. The maximum atomic E-state index is 13.3. The molecule has 2 amide bonds. The van der Waals surface area contributed by atoms with Crippen LogP contribution in [-0.2, 0) is 9.59 Å². The van der Waals surface area contributed by atoms with E-state index in [1.54, 1.807) is 11.1 Å². The molecule has 1 aromatic carbocycles. The monoisotopic (exact) mass is 377 g/mol. The fourth-order valence-electron chi connectivity index (χ4n) is 4.40. The van der Waals surface area contributed by atoms with Gasteiger partial charge >= 0.3 is 0 Å². The summed E-state index contributed by atoms with van der Waals surface area (Å²) >= 11 is 0. The number of fused-ring (bicyclic) bond motifs is 2. The summed E-state index contributed by atoms with van der Waals surface area (Å²) in [4.78, 5) is 32.0. The Labute approximate surface area is 165 Å². The van der Waals surface area contributed by atoms with E-state index in [9.17, 15) is 9.59 Å². The first-order valence-corrected chi connectivity index (χ1v) is 10.1. The van der Waals surface area contributed by atoms with E-state index in [2.05, 4.69) is 11.4 Å². The van der Waals surface area contributed by atoms with Gasteiger partial charge in [-0.3, -0.25) is 9.59 Å². The van der Waals surface area contributed by atoms with Crippen molar-refractivity contribution in [1.82, 2.24) is 15.2 Å². The minimum atomic E-state index is -0.671. The maximum absolute atomic E-state index is 13.3. The standard InChI is InChI=1S/C23H27N3O2/c1-14-9-10-20-17(11-14)12-19-21(25-20)15(2)13-26(16(3)27)22(19)23(28)24-18-7-5-4-6-8-18/h9-13,18,22H,4-8H2,1-3H3,(H,24,28). The number of amides is 2. The number of hydrogen-bond donors (Lipinski definition) is 1. The molecule has 2 aliphatic rings. The van der Waals surface area contributed by atoms with Crippen LogP contribution in [0.5, 0.6) is 0 Å². The van der Waals surface area contributed by atoms with Gasteiger partial charge in [0.15, 0.2) is 0 Å². The second-order valence-electron chi connectivity index (χ2n) is 8.11. The number of hydrogen-bond acceptors (Lipinski definition) is 3. The van der Waals surface area contributed by atoms with E-state index in [4.69, 9.17) is 4.98 Å². The molecule has 0 spiro atoms. The topological polar surface area (TPSA) is 62.3 Å². The van der Waals surface area contributed by atoms with E-state index in [1.165, 1.54) is 13.3 Å². The van der Waals surface area contributed by atoms with Crippen molar-refractivity contribution in [2.45, 2.75) is 65.0 Å². The van der Waals surface area contributed by atoms with Gasteiger partial charge in [0, 0.05) is 30.1 Å². The van der Waals surface area contributed by atoms with E-state index in [1.807, 2.05) is 32.0 Å². The Morgan fingerprint density at radius 2 is 1.86 bits per heavy atom. The van der Waals surface area contributed by atoms with Crippen LogP contribution < -0.4 is 5.32 Å². The summed E-state index contributed by atoms with van der Waals surface area (Å²) in [6.07, 6.45) is 7.31. The lowest BCUT2D eigenvalue weighted by Gasteiger charge is -2.34. The first-order chi connectivity index (χ1) is 13.4. The molecule has 1 fully saturated rings. The average Bonchev–Trinajstić information content (AvgIpc) is 2.67. The highest BCUT2D eigenvalue weighted by atomic mass is 16.2. The largest absolute Gasteiger partial charge is 0.351 e. The van der Waals surface area contributed by atoms with Gasteiger partial charge in [0.25, 0.3) is 0 Å². The van der Waals surface area contributed by atoms with Crippen molar-refractivity contribution in [1.29, 1.82) is 0 Å². The van der Waals surface area contributed by atoms with Gasteiger partial charge in [-0.15, -0.1) is 0 Å². The van der Waals surface area contributed by atoms with Crippen molar-refractivity contribution in [2.24, 2.45) is 0 Å². The van der Waals surface area contributed by atoms with Gasteiger partial charge in [0.2, 0.25) is 11.8 Å². The molecule has 0 saturated heterocycles. The highest BCUT2D eigenvalue weighted by molar-refractivity contribution is 5.94. The lowest BCUT2D eigenvalue weighted by atomic mass is 9.91. The molecule has 5 heteroatoms. The van der Waals surface area contributed by atoms with Gasteiger partial charge in [-0.1, -0.05) is 30.9 Å². The van der Waals surface area contributed by atoms with Crippen molar-refractivity contribution >= 4 is 28.3 Å². The van der Waals surface area contributed by atoms with Crippen LogP contribution in [0, 0.1) is 6.92 Å². The normalized spacial score (nSPS) is 19.9. The SMILES string of the molecule is CC(=O)N1C=C(C)c2nc3ccc(C)cc3cc2C1C(=O)NC1CCCCC1. The van der Waals surface area contributed by atoms with Crippen LogP contribution in [0.2, 0.25) is 0 Å². The Balaban J connectivity index is 1.78. The van der Waals surface area contributed by atoms with Crippen LogP contribution in [-0.4, -0.2) is 27.7 Å². The van der Waals surface area contributed by atoms with Crippen molar-refractivity contribution in [3.05, 3.63) is 47.3 Å². The number of allylic oxidation sites excluding steroid dienone is 1. The predicted molar refractivity (Wildman–Crippen MR) is 110 cm³/mol. The van der Waals surface area contributed by atoms with Crippen molar-refractivity contribution < 1.29 is 9.59 Å². The van der Waals surface area contributed by atoms with Crippen LogP contribution in [0.15, 0.2) is 30.5 Å². The summed E-state index contributed by atoms with van der Waals surface area (Å²) < 4.78 is 0. The van der Waals surface area contributed by atoms with Crippen molar-refractivity contribution in [3.63, 3.8) is 0 Å². The van der Waals surface area contributed by atoms with Gasteiger partial charge in [0.1, 0.15) is 6.04 Å². The van der Waals surface area contributed by atoms with Crippen LogP contribution in [0.4, 0.5) is 0 Å². The van der Waals surface area contributed by atoms with Crippen LogP contribution in [0.25, 0.3) is 16.5 Å². The first kappa shape index (κ1) is 18.7. The van der Waals surface area contributed by atoms with Crippen molar-refractivity contribution in [3.8, 4) is 0 Å². The lowest BCUT2D eigenvalue weighted by molar-refractivity contribution is -0.137. The predicted octanol–water partition coefficient (Wildman–Crippen LogP) is 4.26. The quantitative estimate of drug-likeness (QED) is 0.851. The van der Waals surface area contributed by atoms with Crippen molar-refractivity contribution in [2.75, 3.05) is 0 Å². The molecule has 2 heterocycles. The minimum Gasteiger partial charge on any atom is -0.351 e. The minimum absolute atomic E-state index is 0.110. The van der Waals surface area contributed by atoms with Crippen LogP contribution in [0.1, 0.15) is 68.8 Å². The fraction of sp³-hybridized carbons (Fsp3) is 0.435. The third-order valence-electron chi connectivity index (χ3n) is 5.84. The maximum Gasteiger partial charge on any atom is 0.248 e. The highest BCUT2D eigenvalue weighted by Crippen LogP contribution is 2.36. The molecule has 0 radical (unpaired) electrons. The molecule has 28 heavy (non-hydrogen) atoms. The average molecular weight is 377 g/mol. The molecular formula is C23H27N3O2. The van der Waals surface area contributed by atoms with E-state index < -0.39 is 6.04 Å². The van der Waals surface area contributed by atoms with Gasteiger partial charge in [-0.2, -0.15) is 0 Å². The Kier molecular flexibility index (Phi) is 4.92. The molecule has 0 bridgehead atoms. The van der Waals surface area contributed by atoms with Gasteiger partial charge in [-0.25, -0.2) is 4.98 Å². The Bertz CT molecular complexity index is 973. The number of benzene rings is 1. The molecule has 4 rings (SSSR count). The smallest absolute Gasteiger partial charge is 0.248 e. The number of aryl methyl sites for hydroxylation is 1. The van der Waals surface area contributed by atoms with Gasteiger partial charge in [-0.05, 0) is 50.5 Å². The molecule has 2 aromatic rings. The van der Waals surface area contributed by atoms with Crippen LogP contribution in [0.3, 0.4) is 0 Å². The fourth-order valence-corrected chi connectivity index (χ4v) is 4.40. The zero-order chi connectivity index (χ0) is 19.8. The van der Waals surface area contributed by atoms with Gasteiger partial charge in [0.05, 0.1) is 11.2 Å². The third-order valence-corrected chi connectivity index (χ3v) is 5.84. The Morgan fingerprint density at radius 3 is 2.57 bits per heavy atom. The first-order valence-electron chi connectivity index (χ1n) is 10.1. The molecule has 1 aliphatic heterocycles. The zero-order valence-electron chi connectivity index (χ0n) is 16.8. The number of rotatable bonds is 2. The molecule has 5 nitrogen and oxygen atoms in total. The highest BCUT2D eigenvalue weighted by Gasteiger charge is 2.36. The molecule has 1 aromatic heterocycles. The molecule has 1 saturated carbocycles. The molecule has 1 unspecified atom stereocenters.